The molecule has 0 bridgehead atoms. The van der Waals surface area contributed by atoms with Gasteiger partial charge in [-0.2, -0.15) is 5.10 Å². The Morgan fingerprint density at radius 3 is 2.47 bits per heavy atom. The SMILES string of the molecule is CC(C)(C)OC(=O)NC1CCC(Nc2c(C(N)=Nc3c(Cl)cccc3Cl)cnn3cc(Br)cc23)CC1. The van der Waals surface area contributed by atoms with Crippen LogP contribution in [0.2, 0.25) is 10.0 Å². The molecule has 0 unspecified atom stereocenters. The molecular formula is C25H29BrCl2N6O2. The number of nitrogens with zero attached hydrogens (tertiary/aromatic N) is 3. The summed E-state index contributed by atoms with van der Waals surface area (Å²) < 4.78 is 8.07. The van der Waals surface area contributed by atoms with Crippen molar-refractivity contribution in [3.63, 3.8) is 0 Å². The van der Waals surface area contributed by atoms with Gasteiger partial charge in [0.1, 0.15) is 17.1 Å². The Labute approximate surface area is 228 Å². The number of fused-ring (bicyclic) bond motifs is 1. The zero-order valence-corrected chi connectivity index (χ0v) is 23.4. The number of nitrogens with one attached hydrogen (secondary N) is 2. The van der Waals surface area contributed by atoms with Crippen LogP contribution in [0.3, 0.4) is 0 Å². The average molecular weight is 596 g/mol. The number of halogens is 3. The zero-order chi connectivity index (χ0) is 26.0. The molecule has 1 fully saturated rings. The highest BCUT2D eigenvalue weighted by atomic mass is 79.9. The molecule has 0 radical (unpaired) electrons. The van der Waals surface area contributed by atoms with E-state index in [9.17, 15) is 4.79 Å². The normalized spacial score (nSPS) is 18.8. The topological polar surface area (TPSA) is 106 Å². The number of aromatic nitrogens is 2. The van der Waals surface area contributed by atoms with Crippen LogP contribution in [0.15, 0.2) is 46.1 Å². The second-order valence-corrected chi connectivity index (χ2v) is 11.6. The van der Waals surface area contributed by atoms with Gasteiger partial charge in [-0.3, -0.25) is 0 Å². The number of anilines is 1. The van der Waals surface area contributed by atoms with E-state index in [1.165, 1.54) is 0 Å². The minimum absolute atomic E-state index is 0.0753. The van der Waals surface area contributed by atoms with Crippen LogP contribution in [0.4, 0.5) is 16.2 Å². The number of alkyl carbamates (subject to hydrolysis) is 1. The van der Waals surface area contributed by atoms with Gasteiger partial charge in [-0.25, -0.2) is 14.3 Å². The molecule has 8 nitrogen and oxygen atoms in total. The van der Waals surface area contributed by atoms with Crippen LogP contribution < -0.4 is 16.4 Å². The van der Waals surface area contributed by atoms with Gasteiger partial charge in [0.05, 0.1) is 33.0 Å². The Morgan fingerprint density at radius 2 is 1.83 bits per heavy atom. The molecule has 3 aromatic rings. The van der Waals surface area contributed by atoms with Crippen LogP contribution in [-0.2, 0) is 4.74 Å². The number of benzene rings is 1. The van der Waals surface area contributed by atoms with E-state index in [4.69, 9.17) is 33.7 Å². The lowest BCUT2D eigenvalue weighted by Crippen LogP contribution is -2.42. The number of hydrogen-bond acceptors (Lipinski definition) is 5. The Hall–Kier alpha value is -2.49. The summed E-state index contributed by atoms with van der Waals surface area (Å²) in [6, 6.07) is 7.42. The molecular weight excluding hydrogens is 567 g/mol. The van der Waals surface area contributed by atoms with Crippen LogP contribution in [-0.4, -0.2) is 39.2 Å². The van der Waals surface area contributed by atoms with Crippen LogP contribution >= 0.6 is 39.1 Å². The van der Waals surface area contributed by atoms with Gasteiger partial charge in [0.15, 0.2) is 0 Å². The third kappa shape index (κ3) is 6.44. The Morgan fingerprint density at radius 1 is 1.19 bits per heavy atom. The van der Waals surface area contributed by atoms with E-state index >= 15 is 0 Å². The second-order valence-electron chi connectivity index (χ2n) is 9.83. The van der Waals surface area contributed by atoms with Crippen molar-refractivity contribution in [3.8, 4) is 0 Å². The van der Waals surface area contributed by atoms with Crippen molar-refractivity contribution in [1.82, 2.24) is 14.9 Å². The number of amides is 1. The lowest BCUT2D eigenvalue weighted by molar-refractivity contribution is 0.0492. The monoisotopic (exact) mass is 594 g/mol. The smallest absolute Gasteiger partial charge is 0.407 e. The molecule has 1 saturated carbocycles. The van der Waals surface area contributed by atoms with E-state index in [-0.39, 0.29) is 24.0 Å². The van der Waals surface area contributed by atoms with Crippen LogP contribution in [0.1, 0.15) is 52.0 Å². The van der Waals surface area contributed by atoms with Crippen molar-refractivity contribution in [2.24, 2.45) is 10.7 Å². The van der Waals surface area contributed by atoms with Crippen LogP contribution in [0.25, 0.3) is 5.52 Å². The van der Waals surface area contributed by atoms with Gasteiger partial charge in [-0.15, -0.1) is 0 Å². The maximum Gasteiger partial charge on any atom is 0.407 e. The van der Waals surface area contributed by atoms with Crippen molar-refractivity contribution in [1.29, 1.82) is 0 Å². The molecule has 1 aromatic carbocycles. The van der Waals surface area contributed by atoms with Crippen molar-refractivity contribution in [2.75, 3.05) is 5.32 Å². The number of para-hydroxylation sites is 1. The van der Waals surface area contributed by atoms with E-state index in [1.807, 2.05) is 33.0 Å². The molecule has 192 valence electrons. The lowest BCUT2D eigenvalue weighted by atomic mass is 9.91. The summed E-state index contributed by atoms with van der Waals surface area (Å²) >= 11 is 16.2. The first kappa shape index (κ1) is 26.6. The number of aliphatic imine (C=N–C) groups is 1. The molecule has 11 heteroatoms. The van der Waals surface area contributed by atoms with Gasteiger partial charge >= 0.3 is 6.09 Å². The van der Waals surface area contributed by atoms with E-state index in [1.54, 1.807) is 28.9 Å². The molecule has 2 aromatic heterocycles. The summed E-state index contributed by atoms with van der Waals surface area (Å²) in [7, 11) is 0. The minimum Gasteiger partial charge on any atom is -0.444 e. The van der Waals surface area contributed by atoms with Gasteiger partial charge in [0, 0.05) is 22.8 Å². The van der Waals surface area contributed by atoms with Crippen LogP contribution in [0.5, 0.6) is 0 Å². The van der Waals surface area contributed by atoms with Gasteiger partial charge in [0.25, 0.3) is 0 Å². The van der Waals surface area contributed by atoms with Gasteiger partial charge in [-0.05, 0) is 80.6 Å². The highest BCUT2D eigenvalue weighted by Crippen LogP contribution is 2.34. The molecule has 2 heterocycles. The highest BCUT2D eigenvalue weighted by Gasteiger charge is 2.26. The summed E-state index contributed by atoms with van der Waals surface area (Å²) in [6.07, 6.45) is 6.57. The van der Waals surface area contributed by atoms with E-state index < -0.39 is 5.60 Å². The number of carbonyl (C=O) groups excluding carboxylic acids is 1. The second kappa shape index (κ2) is 10.9. The Kier molecular flexibility index (Phi) is 8.02. The molecule has 1 amide bonds. The molecule has 0 spiro atoms. The number of hydrogen-bond donors (Lipinski definition) is 3. The van der Waals surface area contributed by atoms with E-state index in [0.29, 0.717) is 21.3 Å². The molecule has 1 aliphatic rings. The van der Waals surface area contributed by atoms with Crippen molar-refractivity contribution in [2.45, 2.75) is 64.1 Å². The first-order valence-electron chi connectivity index (χ1n) is 11.7. The fraction of sp³-hybridized carbons (Fsp3) is 0.400. The maximum atomic E-state index is 12.2. The van der Waals surface area contributed by atoms with Gasteiger partial charge in [0.2, 0.25) is 0 Å². The number of ether oxygens (including phenoxy) is 1. The van der Waals surface area contributed by atoms with Crippen molar-refractivity contribution >= 4 is 68.0 Å². The van der Waals surface area contributed by atoms with Crippen molar-refractivity contribution in [3.05, 3.63) is 56.7 Å². The molecule has 36 heavy (non-hydrogen) atoms. The fourth-order valence-electron chi connectivity index (χ4n) is 4.21. The molecule has 0 aliphatic heterocycles. The molecule has 1 aliphatic carbocycles. The quantitative estimate of drug-likeness (QED) is 0.225. The lowest BCUT2D eigenvalue weighted by Gasteiger charge is -2.31. The Bertz CT molecular complexity index is 1280. The molecule has 4 rings (SSSR count). The maximum absolute atomic E-state index is 12.2. The summed E-state index contributed by atoms with van der Waals surface area (Å²) in [5.74, 6) is 0.250. The summed E-state index contributed by atoms with van der Waals surface area (Å²) in [4.78, 5) is 16.7. The number of nitrogens with two attached hydrogens (primary N) is 1. The predicted octanol–water partition coefficient (Wildman–Crippen LogP) is 6.69. The van der Waals surface area contributed by atoms with Crippen LogP contribution in [0, 0.1) is 0 Å². The summed E-state index contributed by atoms with van der Waals surface area (Å²) in [5, 5.41) is 12.0. The Balaban J connectivity index is 1.55. The average Bonchev–Trinajstić information content (AvgIpc) is 3.17. The first-order chi connectivity index (χ1) is 17.0. The molecule has 0 atom stereocenters. The highest BCUT2D eigenvalue weighted by molar-refractivity contribution is 9.10. The third-order valence-corrected chi connectivity index (χ3v) is 6.89. The standard InChI is InChI=1S/C25H29BrCl2N6O2/c1-25(2,3)36-24(35)32-16-9-7-15(8-10-16)31-21-17(12-30-34-13-14(26)11-20(21)34)23(29)33-22-18(27)5-4-6-19(22)28/h4-6,11-13,15-16,31H,7-10H2,1-3H3,(H2,29,33)(H,32,35). The van der Waals surface area contributed by atoms with Gasteiger partial charge in [-0.1, -0.05) is 29.3 Å². The summed E-state index contributed by atoms with van der Waals surface area (Å²) in [6.45, 7) is 5.57. The third-order valence-electron chi connectivity index (χ3n) is 5.85. The predicted molar refractivity (Wildman–Crippen MR) is 149 cm³/mol. The number of carbonyl (C=O) groups is 1. The zero-order valence-electron chi connectivity index (χ0n) is 20.3. The number of amidine groups is 1. The summed E-state index contributed by atoms with van der Waals surface area (Å²) in [5.41, 5.74) is 8.69. The largest absolute Gasteiger partial charge is 0.444 e. The number of rotatable bonds is 5. The van der Waals surface area contributed by atoms with E-state index in [0.717, 1.165) is 41.4 Å². The van der Waals surface area contributed by atoms with E-state index in [2.05, 4.69) is 36.7 Å². The fourth-order valence-corrected chi connectivity index (χ4v) is 5.10. The molecule has 0 saturated heterocycles. The van der Waals surface area contributed by atoms with Gasteiger partial charge < -0.3 is 21.1 Å². The molecule has 4 N–H and O–H groups in total. The first-order valence-corrected chi connectivity index (χ1v) is 13.3. The van der Waals surface area contributed by atoms with Crippen molar-refractivity contribution < 1.29 is 9.53 Å². The minimum atomic E-state index is -0.521.